The molecule has 0 saturated heterocycles. The number of hydrogen-bond donors (Lipinski definition) is 1. The van der Waals surface area contributed by atoms with Crippen LogP contribution in [0.1, 0.15) is 30.0 Å². The Labute approximate surface area is 151 Å². The molecule has 2 aromatic carbocycles. The zero-order valence-electron chi connectivity index (χ0n) is 14.8. The highest BCUT2D eigenvalue weighted by Crippen LogP contribution is 2.22. The Hall–Kier alpha value is -2.40. The second-order valence-electron chi connectivity index (χ2n) is 6.26. The summed E-state index contributed by atoms with van der Waals surface area (Å²) in [5.41, 5.74) is 5.35. The van der Waals surface area contributed by atoms with Crippen molar-refractivity contribution in [3.05, 3.63) is 62.8 Å². The molecule has 4 nitrogen and oxygen atoms in total. The van der Waals surface area contributed by atoms with Crippen LogP contribution >= 0.6 is 11.3 Å². The second-order valence-corrected chi connectivity index (χ2v) is 7.25. The van der Waals surface area contributed by atoms with Crippen molar-refractivity contribution < 1.29 is 4.79 Å². The van der Waals surface area contributed by atoms with E-state index < -0.39 is 0 Å². The first-order valence-corrected chi connectivity index (χ1v) is 9.29. The minimum absolute atomic E-state index is 0.0140. The molecule has 130 valence electrons. The smallest absolute Gasteiger partial charge is 0.308 e. The molecule has 1 amide bonds. The van der Waals surface area contributed by atoms with Crippen molar-refractivity contribution in [3.8, 4) is 0 Å². The summed E-state index contributed by atoms with van der Waals surface area (Å²) in [6.07, 6.45) is 1.15. The molecule has 0 aliphatic rings. The van der Waals surface area contributed by atoms with Crippen molar-refractivity contribution in [2.75, 3.05) is 5.32 Å². The molecular weight excluding hydrogens is 332 g/mol. The SMILES string of the molecule is CCn1c(=O)sc2cc(NC(=O)CCc3ccc(C)c(C)c3)ccc21. The van der Waals surface area contributed by atoms with Crippen LogP contribution in [0.3, 0.4) is 0 Å². The first-order valence-electron chi connectivity index (χ1n) is 8.47. The fourth-order valence-corrected chi connectivity index (χ4v) is 3.88. The number of benzene rings is 2. The lowest BCUT2D eigenvalue weighted by atomic mass is 10.0. The Kier molecular flexibility index (Phi) is 5.04. The van der Waals surface area contributed by atoms with Gasteiger partial charge in [0, 0.05) is 18.7 Å². The maximum Gasteiger partial charge on any atom is 0.308 e. The van der Waals surface area contributed by atoms with Crippen LogP contribution in [0, 0.1) is 13.8 Å². The van der Waals surface area contributed by atoms with E-state index in [0.717, 1.165) is 22.3 Å². The van der Waals surface area contributed by atoms with Gasteiger partial charge in [-0.25, -0.2) is 0 Å². The molecule has 1 N–H and O–H groups in total. The topological polar surface area (TPSA) is 51.1 Å². The van der Waals surface area contributed by atoms with Crippen LogP contribution in [0.15, 0.2) is 41.2 Å². The highest BCUT2D eigenvalue weighted by atomic mass is 32.1. The largest absolute Gasteiger partial charge is 0.326 e. The van der Waals surface area contributed by atoms with E-state index in [9.17, 15) is 9.59 Å². The van der Waals surface area contributed by atoms with Crippen LogP contribution in [0.2, 0.25) is 0 Å². The summed E-state index contributed by atoms with van der Waals surface area (Å²) < 4.78 is 2.64. The molecule has 1 heterocycles. The Morgan fingerprint density at radius 3 is 2.64 bits per heavy atom. The Balaban J connectivity index is 1.67. The molecule has 0 atom stereocenters. The van der Waals surface area contributed by atoms with E-state index in [2.05, 4.69) is 37.4 Å². The summed E-state index contributed by atoms with van der Waals surface area (Å²) in [5.74, 6) is -0.0140. The van der Waals surface area contributed by atoms with Gasteiger partial charge in [-0.3, -0.25) is 14.2 Å². The number of hydrogen-bond acceptors (Lipinski definition) is 3. The fraction of sp³-hybridized carbons (Fsp3) is 0.300. The third-order valence-corrected chi connectivity index (χ3v) is 5.42. The molecule has 0 unspecified atom stereocenters. The fourth-order valence-electron chi connectivity index (χ4n) is 2.88. The lowest BCUT2D eigenvalue weighted by Crippen LogP contribution is -2.12. The van der Waals surface area contributed by atoms with Crippen molar-refractivity contribution in [2.24, 2.45) is 0 Å². The maximum atomic E-state index is 12.2. The van der Waals surface area contributed by atoms with Crippen molar-refractivity contribution in [1.82, 2.24) is 4.57 Å². The van der Waals surface area contributed by atoms with Gasteiger partial charge in [0.15, 0.2) is 0 Å². The Morgan fingerprint density at radius 2 is 1.92 bits per heavy atom. The summed E-state index contributed by atoms with van der Waals surface area (Å²) in [4.78, 5) is 24.2. The zero-order valence-corrected chi connectivity index (χ0v) is 15.6. The van der Waals surface area contributed by atoms with E-state index in [1.54, 1.807) is 4.57 Å². The van der Waals surface area contributed by atoms with E-state index in [0.29, 0.717) is 13.0 Å². The zero-order chi connectivity index (χ0) is 18.0. The van der Waals surface area contributed by atoms with E-state index in [-0.39, 0.29) is 10.8 Å². The highest BCUT2D eigenvalue weighted by molar-refractivity contribution is 7.16. The molecule has 3 aromatic rings. The summed E-state index contributed by atoms with van der Waals surface area (Å²) in [7, 11) is 0. The molecule has 25 heavy (non-hydrogen) atoms. The highest BCUT2D eigenvalue weighted by Gasteiger charge is 2.09. The van der Waals surface area contributed by atoms with Gasteiger partial charge in [0.2, 0.25) is 5.91 Å². The van der Waals surface area contributed by atoms with Gasteiger partial charge in [-0.05, 0) is 62.1 Å². The minimum atomic E-state index is -0.0140. The van der Waals surface area contributed by atoms with Gasteiger partial charge < -0.3 is 5.32 Å². The van der Waals surface area contributed by atoms with Crippen LogP contribution in [0.25, 0.3) is 10.2 Å². The molecule has 5 heteroatoms. The standard InChI is InChI=1S/C20H22N2O2S/c1-4-22-17-9-8-16(12-18(17)25-20(22)24)21-19(23)10-7-15-6-5-13(2)14(3)11-15/h5-6,8-9,11-12H,4,7,10H2,1-3H3,(H,21,23). The molecule has 0 radical (unpaired) electrons. The molecule has 0 aliphatic heterocycles. The van der Waals surface area contributed by atoms with E-state index in [4.69, 9.17) is 0 Å². The summed E-state index contributed by atoms with van der Waals surface area (Å²) >= 11 is 1.21. The van der Waals surface area contributed by atoms with E-state index in [1.807, 2.05) is 25.1 Å². The van der Waals surface area contributed by atoms with E-state index >= 15 is 0 Å². The normalized spacial score (nSPS) is 11.0. The minimum Gasteiger partial charge on any atom is -0.326 e. The third-order valence-electron chi connectivity index (χ3n) is 4.48. The number of nitrogens with zero attached hydrogens (tertiary/aromatic N) is 1. The number of thiazole rings is 1. The monoisotopic (exact) mass is 354 g/mol. The number of rotatable bonds is 5. The summed E-state index contributed by atoms with van der Waals surface area (Å²) in [6, 6.07) is 11.9. The maximum absolute atomic E-state index is 12.2. The van der Waals surface area contributed by atoms with Crippen molar-refractivity contribution in [1.29, 1.82) is 0 Å². The van der Waals surface area contributed by atoms with Crippen LogP contribution in [0.4, 0.5) is 5.69 Å². The quantitative estimate of drug-likeness (QED) is 0.744. The van der Waals surface area contributed by atoms with Gasteiger partial charge >= 0.3 is 4.87 Å². The van der Waals surface area contributed by atoms with Gasteiger partial charge in [-0.1, -0.05) is 29.5 Å². The molecule has 0 saturated carbocycles. The molecule has 1 aromatic heterocycles. The summed E-state index contributed by atoms with van der Waals surface area (Å²) in [5, 5.41) is 2.93. The molecule has 3 rings (SSSR count). The Morgan fingerprint density at radius 1 is 1.12 bits per heavy atom. The van der Waals surface area contributed by atoms with Crippen LogP contribution < -0.4 is 10.2 Å². The van der Waals surface area contributed by atoms with Crippen LogP contribution in [0.5, 0.6) is 0 Å². The van der Waals surface area contributed by atoms with Gasteiger partial charge in [-0.2, -0.15) is 0 Å². The summed E-state index contributed by atoms with van der Waals surface area (Å²) in [6.45, 7) is 6.78. The van der Waals surface area contributed by atoms with Gasteiger partial charge in [0.05, 0.1) is 10.2 Å². The Bertz CT molecular complexity index is 985. The van der Waals surface area contributed by atoms with Crippen molar-refractivity contribution in [3.63, 3.8) is 0 Å². The second kappa shape index (κ2) is 7.23. The first kappa shape index (κ1) is 17.4. The molecule has 0 bridgehead atoms. The number of aromatic nitrogens is 1. The van der Waals surface area contributed by atoms with Gasteiger partial charge in [-0.15, -0.1) is 0 Å². The molecule has 0 spiro atoms. The van der Waals surface area contributed by atoms with E-state index in [1.165, 1.54) is 28.0 Å². The number of nitrogens with one attached hydrogen (secondary N) is 1. The number of carbonyl (C=O) groups is 1. The number of anilines is 1. The lowest BCUT2D eigenvalue weighted by Gasteiger charge is -2.07. The predicted octanol–water partition coefficient (Wildman–Crippen LogP) is 4.27. The average molecular weight is 354 g/mol. The van der Waals surface area contributed by atoms with Gasteiger partial charge in [0.25, 0.3) is 0 Å². The third kappa shape index (κ3) is 3.82. The van der Waals surface area contributed by atoms with Crippen molar-refractivity contribution >= 4 is 33.1 Å². The molecule has 0 fully saturated rings. The first-order chi connectivity index (χ1) is 12.0. The number of aryl methyl sites for hydroxylation is 4. The lowest BCUT2D eigenvalue weighted by molar-refractivity contribution is -0.116. The number of amides is 1. The predicted molar refractivity (Wildman–Crippen MR) is 105 cm³/mol. The molecular formula is C20H22N2O2S. The number of carbonyl (C=O) groups excluding carboxylic acids is 1. The molecule has 0 aliphatic carbocycles. The van der Waals surface area contributed by atoms with Crippen LogP contribution in [-0.2, 0) is 17.8 Å². The van der Waals surface area contributed by atoms with Crippen LogP contribution in [-0.4, -0.2) is 10.5 Å². The van der Waals surface area contributed by atoms with Gasteiger partial charge in [0.1, 0.15) is 0 Å². The van der Waals surface area contributed by atoms with Crippen molar-refractivity contribution in [2.45, 2.75) is 40.2 Å². The average Bonchev–Trinajstić information content (AvgIpc) is 2.90. The number of fused-ring (bicyclic) bond motifs is 1.